The number of aliphatic hydroxyl groups is 1. The first-order valence-electron chi connectivity index (χ1n) is 12.9. The molecule has 2 amide bonds. The summed E-state index contributed by atoms with van der Waals surface area (Å²) < 4.78 is 5.52. The van der Waals surface area contributed by atoms with Gasteiger partial charge < -0.3 is 20.5 Å². The Hall–Kier alpha value is -2.12. The largest absolute Gasteiger partial charge is 0.444 e. The van der Waals surface area contributed by atoms with Crippen LogP contribution in [0, 0.1) is 5.92 Å². The van der Waals surface area contributed by atoms with Crippen LogP contribution in [0.5, 0.6) is 0 Å². The molecule has 35 heavy (non-hydrogen) atoms. The predicted molar refractivity (Wildman–Crippen MR) is 140 cm³/mol. The van der Waals surface area contributed by atoms with Gasteiger partial charge in [-0.1, -0.05) is 44.2 Å². The molecule has 198 valence electrons. The van der Waals surface area contributed by atoms with E-state index in [1.165, 1.54) is 0 Å². The average molecular weight is 490 g/mol. The van der Waals surface area contributed by atoms with Crippen LogP contribution in [-0.4, -0.2) is 63.9 Å². The molecule has 1 fully saturated rings. The summed E-state index contributed by atoms with van der Waals surface area (Å²) in [7, 11) is 0. The lowest BCUT2D eigenvalue weighted by molar-refractivity contribution is -0.133. The molecule has 1 aromatic carbocycles. The highest BCUT2D eigenvalue weighted by molar-refractivity contribution is 5.82. The third-order valence-corrected chi connectivity index (χ3v) is 6.09. The zero-order valence-electron chi connectivity index (χ0n) is 23.0. The molecule has 0 aliphatic carbocycles. The molecule has 0 saturated carbocycles. The zero-order valence-corrected chi connectivity index (χ0v) is 23.0. The quantitative estimate of drug-likeness (QED) is 0.507. The number of carbonyl (C=O) groups excluding carboxylic acids is 2. The Kier molecular flexibility index (Phi) is 9.77. The summed E-state index contributed by atoms with van der Waals surface area (Å²) in [6, 6.07) is 8.92. The van der Waals surface area contributed by atoms with Gasteiger partial charge in [-0.25, -0.2) is 4.79 Å². The number of alkyl carbamates (subject to hydrolysis) is 1. The van der Waals surface area contributed by atoms with Crippen LogP contribution in [0.2, 0.25) is 0 Å². The van der Waals surface area contributed by atoms with Crippen molar-refractivity contribution in [2.75, 3.05) is 13.1 Å². The number of amides is 2. The maximum atomic E-state index is 13.3. The zero-order chi connectivity index (χ0) is 26.4. The summed E-state index contributed by atoms with van der Waals surface area (Å²) in [6.07, 6.45) is 1.88. The van der Waals surface area contributed by atoms with Crippen molar-refractivity contribution in [3.05, 3.63) is 35.9 Å². The van der Waals surface area contributed by atoms with Gasteiger partial charge in [0.2, 0.25) is 5.91 Å². The van der Waals surface area contributed by atoms with Crippen LogP contribution in [0.4, 0.5) is 4.79 Å². The molecule has 1 aliphatic rings. The molecular formula is C28H47N3O4. The minimum Gasteiger partial charge on any atom is -0.444 e. The van der Waals surface area contributed by atoms with E-state index in [9.17, 15) is 14.7 Å². The third-order valence-electron chi connectivity index (χ3n) is 6.09. The molecule has 3 atom stereocenters. The molecule has 3 N–H and O–H groups in total. The highest BCUT2D eigenvalue weighted by Gasteiger charge is 2.44. The fourth-order valence-corrected chi connectivity index (χ4v) is 4.64. The number of hydrogen-bond acceptors (Lipinski definition) is 5. The monoisotopic (exact) mass is 489 g/mol. The molecular weight excluding hydrogens is 442 g/mol. The van der Waals surface area contributed by atoms with E-state index in [0.717, 1.165) is 18.5 Å². The van der Waals surface area contributed by atoms with Crippen molar-refractivity contribution in [2.24, 2.45) is 5.92 Å². The van der Waals surface area contributed by atoms with Crippen molar-refractivity contribution in [2.45, 2.75) is 110 Å². The number of likely N-dealkylation sites (tertiary alicyclic amines) is 1. The van der Waals surface area contributed by atoms with Crippen LogP contribution in [0.1, 0.15) is 80.2 Å². The van der Waals surface area contributed by atoms with E-state index < -0.39 is 23.3 Å². The average Bonchev–Trinajstić information content (AvgIpc) is 2.69. The van der Waals surface area contributed by atoms with Crippen LogP contribution < -0.4 is 10.6 Å². The van der Waals surface area contributed by atoms with Crippen molar-refractivity contribution in [3.8, 4) is 0 Å². The van der Waals surface area contributed by atoms with Crippen molar-refractivity contribution < 1.29 is 19.4 Å². The lowest BCUT2D eigenvalue weighted by atomic mass is 9.81. The number of rotatable bonds is 8. The second-order valence-electron chi connectivity index (χ2n) is 12.5. The van der Waals surface area contributed by atoms with Gasteiger partial charge in [-0.15, -0.1) is 0 Å². The Morgan fingerprint density at radius 2 is 1.74 bits per heavy atom. The second kappa shape index (κ2) is 11.7. The molecule has 2 rings (SSSR count). The fraction of sp³-hybridized carbons (Fsp3) is 0.714. The number of ether oxygens (including phenoxy) is 1. The van der Waals surface area contributed by atoms with Crippen LogP contribution in [0.25, 0.3) is 0 Å². The summed E-state index contributed by atoms with van der Waals surface area (Å²) >= 11 is 0. The fourth-order valence-electron chi connectivity index (χ4n) is 4.64. The number of nitrogens with one attached hydrogen (secondary N) is 2. The molecule has 1 aromatic rings. The van der Waals surface area contributed by atoms with Gasteiger partial charge >= 0.3 is 6.09 Å². The minimum absolute atomic E-state index is 0.0184. The van der Waals surface area contributed by atoms with E-state index in [4.69, 9.17) is 4.74 Å². The minimum atomic E-state index is -1.21. The molecule has 0 radical (unpaired) electrons. The van der Waals surface area contributed by atoms with Crippen molar-refractivity contribution in [1.29, 1.82) is 0 Å². The maximum absolute atomic E-state index is 13.3. The smallest absolute Gasteiger partial charge is 0.407 e. The van der Waals surface area contributed by atoms with Crippen LogP contribution in [0.3, 0.4) is 0 Å². The van der Waals surface area contributed by atoms with Gasteiger partial charge in [0, 0.05) is 12.1 Å². The van der Waals surface area contributed by atoms with Crippen LogP contribution in [0.15, 0.2) is 30.3 Å². The summed E-state index contributed by atoms with van der Waals surface area (Å²) in [5.74, 6) is 0.302. The molecule has 7 heteroatoms. The predicted octanol–water partition coefficient (Wildman–Crippen LogP) is 4.28. The molecule has 0 aromatic heterocycles. The van der Waals surface area contributed by atoms with Crippen LogP contribution >= 0.6 is 0 Å². The maximum Gasteiger partial charge on any atom is 0.407 e. The van der Waals surface area contributed by atoms with Crippen molar-refractivity contribution >= 4 is 12.0 Å². The van der Waals surface area contributed by atoms with E-state index in [2.05, 4.69) is 29.4 Å². The number of hydrogen-bond donors (Lipinski definition) is 3. The Morgan fingerprint density at radius 3 is 2.29 bits per heavy atom. The highest BCUT2D eigenvalue weighted by Crippen LogP contribution is 2.30. The van der Waals surface area contributed by atoms with Gasteiger partial charge in [-0.3, -0.25) is 9.69 Å². The van der Waals surface area contributed by atoms with Crippen molar-refractivity contribution in [1.82, 2.24) is 15.5 Å². The lowest BCUT2D eigenvalue weighted by Gasteiger charge is -2.46. The second-order valence-corrected chi connectivity index (χ2v) is 12.5. The van der Waals surface area contributed by atoms with Crippen LogP contribution in [-0.2, 0) is 16.0 Å². The number of nitrogens with zero attached hydrogens (tertiary/aromatic N) is 1. The first-order valence-corrected chi connectivity index (χ1v) is 12.9. The van der Waals surface area contributed by atoms with Gasteiger partial charge in [0.1, 0.15) is 5.60 Å². The third kappa shape index (κ3) is 9.80. The normalized spacial score (nSPS) is 21.3. The molecule has 0 bridgehead atoms. The molecule has 1 aliphatic heterocycles. The molecule has 7 nitrogen and oxygen atoms in total. The van der Waals surface area contributed by atoms with Gasteiger partial charge in [-0.2, -0.15) is 0 Å². The first-order chi connectivity index (χ1) is 16.1. The van der Waals surface area contributed by atoms with E-state index in [-0.39, 0.29) is 17.5 Å². The first kappa shape index (κ1) is 29.1. The van der Waals surface area contributed by atoms with E-state index in [1.807, 2.05) is 71.9 Å². The van der Waals surface area contributed by atoms with E-state index in [1.54, 1.807) is 0 Å². The number of benzene rings is 1. The summed E-state index contributed by atoms with van der Waals surface area (Å²) in [5.41, 5.74) is -1.17. The SMILES string of the molecule is CC(C)C[C@@H](C(=O)NC(C)(C)C)N1CCC[C@@](O)([C@H](Cc2ccccc2)NC(=O)OC(C)(C)C)C1. The van der Waals surface area contributed by atoms with Gasteiger partial charge in [0.25, 0.3) is 0 Å². The van der Waals surface area contributed by atoms with Crippen molar-refractivity contribution in [3.63, 3.8) is 0 Å². The Labute approximate surface area is 212 Å². The number of carbonyl (C=O) groups is 2. The molecule has 0 spiro atoms. The molecule has 1 heterocycles. The molecule has 1 saturated heterocycles. The van der Waals surface area contributed by atoms with E-state index >= 15 is 0 Å². The standard InChI is InChI=1S/C28H47N3O4/c1-20(2)17-22(24(32)30-26(3,4)5)31-16-12-15-28(34,19-31)23(18-21-13-10-9-11-14-21)29-25(33)35-27(6,7)8/h9-11,13-14,20,22-23,34H,12,15-19H2,1-8H3,(H,29,33)(H,30,32)/t22-,23-,28-/m0/s1. The highest BCUT2D eigenvalue weighted by atomic mass is 16.6. The summed E-state index contributed by atoms with van der Waals surface area (Å²) in [4.78, 5) is 28.1. The van der Waals surface area contributed by atoms with Gasteiger partial charge in [-0.05, 0) is 85.3 Å². The van der Waals surface area contributed by atoms with E-state index in [0.29, 0.717) is 31.7 Å². The number of piperidine rings is 1. The number of β-amino-alcohol motifs (C(OH)–C–C–N with tert-alkyl or cyclic N) is 1. The topological polar surface area (TPSA) is 90.9 Å². The van der Waals surface area contributed by atoms with Gasteiger partial charge in [0.15, 0.2) is 0 Å². The molecule has 0 unspecified atom stereocenters. The Morgan fingerprint density at radius 1 is 1.11 bits per heavy atom. The summed E-state index contributed by atoms with van der Waals surface area (Å²) in [5, 5.41) is 18.0. The Balaban J connectivity index is 2.31. The Bertz CT molecular complexity index is 829. The lowest BCUT2D eigenvalue weighted by Crippen LogP contribution is -2.64. The van der Waals surface area contributed by atoms with Gasteiger partial charge in [0.05, 0.1) is 17.7 Å². The summed E-state index contributed by atoms with van der Waals surface area (Å²) in [6.45, 7) is 16.6.